The maximum Gasteiger partial charge on any atom is 0.218 e. The van der Waals surface area contributed by atoms with E-state index in [1.54, 1.807) is 0 Å². The molecule has 0 radical (unpaired) electrons. The van der Waals surface area contributed by atoms with E-state index in [1.165, 1.54) is 4.68 Å². The molecule has 2 aromatic rings. The number of fused-ring (bicyclic) bond motifs is 1. The topological polar surface area (TPSA) is 71.6 Å². The molecule has 0 unspecified atom stereocenters. The summed E-state index contributed by atoms with van der Waals surface area (Å²) in [5, 5.41) is 13.2. The van der Waals surface area contributed by atoms with Gasteiger partial charge in [0.25, 0.3) is 0 Å². The van der Waals surface area contributed by atoms with Crippen LogP contribution in [-0.2, 0) is 0 Å². The third kappa shape index (κ3) is 2.15. The van der Waals surface area contributed by atoms with Crippen molar-refractivity contribution in [3.05, 3.63) is 47.5 Å². The highest BCUT2D eigenvalue weighted by Crippen LogP contribution is 2.51. The summed E-state index contributed by atoms with van der Waals surface area (Å²) in [6, 6.07) is 11.4. The van der Waals surface area contributed by atoms with Gasteiger partial charge in [0, 0.05) is 12.8 Å². The van der Waals surface area contributed by atoms with Crippen LogP contribution in [0.1, 0.15) is 59.9 Å². The average Bonchev–Trinajstić information content (AvgIpc) is 3.11. The fourth-order valence-corrected chi connectivity index (χ4v) is 3.25. The van der Waals surface area contributed by atoms with Crippen LogP contribution >= 0.6 is 0 Å². The normalized spacial score (nSPS) is 24.0. The van der Waals surface area contributed by atoms with E-state index in [4.69, 9.17) is 5.26 Å². The molecule has 6 heteroatoms. The molecule has 1 aromatic carbocycles. The first-order chi connectivity index (χ1) is 11.1. The van der Waals surface area contributed by atoms with Gasteiger partial charge in [-0.2, -0.15) is 5.26 Å². The molecule has 1 aliphatic carbocycles. The standard InChI is InChI=1S/C17H15FN4O/c18-12-10-13(11-4-2-1-3-5-11)22-16(12)20-15(21-22)14(23)17(6-7-17)8-9-19/h1-5,12-13H,6-8,10H2/t12-,13-/m0/s1. The summed E-state index contributed by atoms with van der Waals surface area (Å²) in [5.41, 5.74) is 0.321. The summed E-state index contributed by atoms with van der Waals surface area (Å²) < 4.78 is 15.8. The van der Waals surface area contributed by atoms with Crippen molar-refractivity contribution in [2.75, 3.05) is 0 Å². The average molecular weight is 310 g/mol. The van der Waals surface area contributed by atoms with Gasteiger partial charge in [0.2, 0.25) is 11.6 Å². The maximum atomic E-state index is 14.3. The number of aromatic nitrogens is 3. The zero-order valence-corrected chi connectivity index (χ0v) is 12.4. The molecular formula is C17H15FN4O. The van der Waals surface area contributed by atoms with Gasteiger partial charge in [-0.1, -0.05) is 30.3 Å². The fourth-order valence-electron chi connectivity index (χ4n) is 3.25. The van der Waals surface area contributed by atoms with E-state index in [1.807, 2.05) is 30.3 Å². The second-order valence-corrected chi connectivity index (χ2v) is 6.31. The summed E-state index contributed by atoms with van der Waals surface area (Å²) in [4.78, 5) is 16.7. The maximum absolute atomic E-state index is 14.3. The van der Waals surface area contributed by atoms with Gasteiger partial charge in [0.15, 0.2) is 12.0 Å². The molecule has 1 aromatic heterocycles. The molecule has 0 spiro atoms. The number of carbonyl (C=O) groups is 1. The van der Waals surface area contributed by atoms with E-state index >= 15 is 0 Å². The highest BCUT2D eigenvalue weighted by atomic mass is 19.1. The Balaban J connectivity index is 1.69. The summed E-state index contributed by atoms with van der Waals surface area (Å²) in [6.07, 6.45) is 0.614. The fraction of sp³-hybridized carbons (Fsp3) is 0.412. The minimum atomic E-state index is -1.22. The zero-order valence-electron chi connectivity index (χ0n) is 12.4. The monoisotopic (exact) mass is 310 g/mol. The lowest BCUT2D eigenvalue weighted by Gasteiger charge is -2.11. The lowest BCUT2D eigenvalue weighted by molar-refractivity contribution is 0.0891. The van der Waals surface area contributed by atoms with Crippen molar-refractivity contribution in [2.45, 2.75) is 37.9 Å². The first-order valence-corrected chi connectivity index (χ1v) is 7.72. The second kappa shape index (κ2) is 4.98. The van der Waals surface area contributed by atoms with Gasteiger partial charge in [-0.15, -0.1) is 5.10 Å². The molecular weight excluding hydrogens is 295 g/mol. The summed E-state index contributed by atoms with van der Waals surface area (Å²) in [7, 11) is 0. The highest BCUT2D eigenvalue weighted by molar-refractivity contribution is 5.99. The lowest BCUT2D eigenvalue weighted by Crippen LogP contribution is -2.18. The summed E-state index contributed by atoms with van der Waals surface area (Å²) in [6.45, 7) is 0. The van der Waals surface area contributed by atoms with E-state index in [0.717, 1.165) is 5.56 Å². The Kier molecular flexibility index (Phi) is 3.05. The van der Waals surface area contributed by atoms with Crippen LogP contribution in [0.5, 0.6) is 0 Å². The van der Waals surface area contributed by atoms with Crippen LogP contribution in [0.3, 0.4) is 0 Å². The Morgan fingerprint density at radius 3 is 2.78 bits per heavy atom. The summed E-state index contributed by atoms with van der Waals surface area (Å²) >= 11 is 0. The molecule has 4 rings (SSSR count). The Bertz CT molecular complexity index is 804. The first-order valence-electron chi connectivity index (χ1n) is 7.72. The number of benzene rings is 1. The van der Waals surface area contributed by atoms with E-state index in [9.17, 15) is 9.18 Å². The van der Waals surface area contributed by atoms with Gasteiger partial charge in [-0.3, -0.25) is 4.79 Å². The molecule has 116 valence electrons. The van der Waals surface area contributed by atoms with Crippen molar-refractivity contribution in [1.82, 2.24) is 14.8 Å². The largest absolute Gasteiger partial charge is 0.290 e. The van der Waals surface area contributed by atoms with Crippen LogP contribution < -0.4 is 0 Å². The van der Waals surface area contributed by atoms with Gasteiger partial charge in [-0.25, -0.2) is 14.1 Å². The Labute approximate surface area is 132 Å². The Morgan fingerprint density at radius 2 is 2.13 bits per heavy atom. The molecule has 1 fully saturated rings. The van der Waals surface area contributed by atoms with Crippen LogP contribution in [0.4, 0.5) is 4.39 Å². The van der Waals surface area contributed by atoms with Gasteiger partial charge in [0.05, 0.1) is 17.5 Å². The third-order valence-electron chi connectivity index (χ3n) is 4.80. The molecule has 2 atom stereocenters. The van der Waals surface area contributed by atoms with E-state index < -0.39 is 11.6 Å². The van der Waals surface area contributed by atoms with Crippen LogP contribution in [0.25, 0.3) is 0 Å². The van der Waals surface area contributed by atoms with Gasteiger partial charge in [-0.05, 0) is 18.4 Å². The van der Waals surface area contributed by atoms with Crippen molar-refractivity contribution < 1.29 is 9.18 Å². The first kappa shape index (κ1) is 14.1. The van der Waals surface area contributed by atoms with Crippen LogP contribution in [0.2, 0.25) is 0 Å². The molecule has 2 aliphatic rings. The number of alkyl halides is 1. The molecule has 0 bridgehead atoms. The minimum Gasteiger partial charge on any atom is -0.290 e. The molecule has 0 saturated heterocycles. The minimum absolute atomic E-state index is 0.0519. The van der Waals surface area contributed by atoms with Crippen LogP contribution in [0.15, 0.2) is 30.3 Å². The molecule has 0 N–H and O–H groups in total. The Morgan fingerprint density at radius 1 is 1.39 bits per heavy atom. The second-order valence-electron chi connectivity index (χ2n) is 6.31. The molecule has 0 amide bonds. The number of ketones is 1. The van der Waals surface area contributed by atoms with Crippen molar-refractivity contribution in [2.24, 2.45) is 5.41 Å². The number of nitriles is 1. The van der Waals surface area contributed by atoms with E-state index in [-0.39, 0.29) is 36.3 Å². The van der Waals surface area contributed by atoms with E-state index in [0.29, 0.717) is 12.8 Å². The van der Waals surface area contributed by atoms with Crippen molar-refractivity contribution >= 4 is 5.78 Å². The van der Waals surface area contributed by atoms with Crippen molar-refractivity contribution in [3.8, 4) is 6.07 Å². The quantitative estimate of drug-likeness (QED) is 0.813. The number of carbonyl (C=O) groups excluding carboxylic acids is 1. The van der Waals surface area contributed by atoms with Gasteiger partial charge in [0.1, 0.15) is 0 Å². The molecule has 1 aliphatic heterocycles. The Hall–Kier alpha value is -2.55. The predicted molar refractivity (Wildman–Crippen MR) is 79.3 cm³/mol. The number of hydrogen-bond acceptors (Lipinski definition) is 4. The molecule has 1 saturated carbocycles. The van der Waals surface area contributed by atoms with Crippen molar-refractivity contribution in [1.29, 1.82) is 5.26 Å². The number of nitrogens with zero attached hydrogens (tertiary/aromatic N) is 4. The predicted octanol–water partition coefficient (Wildman–Crippen LogP) is 3.16. The van der Waals surface area contributed by atoms with Gasteiger partial charge < -0.3 is 0 Å². The number of rotatable bonds is 4. The number of halogens is 1. The summed E-state index contributed by atoms with van der Waals surface area (Å²) in [5.74, 6) is 0.0472. The van der Waals surface area contributed by atoms with Gasteiger partial charge >= 0.3 is 0 Å². The third-order valence-corrected chi connectivity index (χ3v) is 4.80. The van der Waals surface area contributed by atoms with Crippen LogP contribution in [-0.4, -0.2) is 20.5 Å². The lowest BCUT2D eigenvalue weighted by atomic mass is 9.97. The molecule has 2 heterocycles. The number of hydrogen-bond donors (Lipinski definition) is 0. The highest BCUT2D eigenvalue weighted by Gasteiger charge is 2.52. The van der Waals surface area contributed by atoms with Crippen LogP contribution in [0, 0.1) is 16.7 Å². The van der Waals surface area contributed by atoms with Crippen molar-refractivity contribution in [3.63, 3.8) is 0 Å². The molecule has 5 nitrogen and oxygen atoms in total. The smallest absolute Gasteiger partial charge is 0.218 e. The molecule has 23 heavy (non-hydrogen) atoms. The van der Waals surface area contributed by atoms with E-state index in [2.05, 4.69) is 16.2 Å². The zero-order chi connectivity index (χ0) is 16.0. The number of Topliss-reactive ketones (excluding diaryl/α,β-unsaturated/α-hetero) is 1. The SMILES string of the molecule is N#CCC1(C(=O)c2nc3n(n2)[C@H](c2ccccc2)C[C@@H]3F)CC1.